The first-order chi connectivity index (χ1) is 5.84. The topological polar surface area (TPSA) is 39.2 Å². The molecule has 0 amide bonds. The fraction of sp³-hybridized carbons (Fsp3) is 0.250. The summed E-state index contributed by atoms with van der Waals surface area (Å²) in [4.78, 5) is 14.7. The van der Waals surface area contributed by atoms with Crippen LogP contribution >= 0.6 is 0 Å². The van der Waals surface area contributed by atoms with Gasteiger partial charge in [0.15, 0.2) is 0 Å². The number of pyridine rings is 1. The smallest absolute Gasteiger partial charge is 0.357 e. The van der Waals surface area contributed by atoms with E-state index >= 15 is 0 Å². The molecule has 1 heterocycles. The zero-order valence-electron chi connectivity index (χ0n) is 6.37. The van der Waals surface area contributed by atoms with Crippen LogP contribution in [0.5, 0.6) is 0 Å². The van der Waals surface area contributed by atoms with Crippen molar-refractivity contribution in [3.8, 4) is 0 Å². The van der Waals surface area contributed by atoms with Gasteiger partial charge < -0.3 is 4.74 Å². The van der Waals surface area contributed by atoms with E-state index in [0.29, 0.717) is 0 Å². The third kappa shape index (κ3) is 2.30. The predicted octanol–water partition coefficient (Wildman–Crippen LogP) is 1.21. The first-order valence-electron chi connectivity index (χ1n) is 3.48. The van der Waals surface area contributed by atoms with Gasteiger partial charge in [0.1, 0.15) is 19.0 Å². The lowest BCUT2D eigenvalue weighted by molar-refractivity contribution is 0.0474. The Labute approximate surface area is 69.2 Å². The van der Waals surface area contributed by atoms with E-state index in [1.165, 1.54) is 12.3 Å². The van der Waals surface area contributed by atoms with Crippen LogP contribution in [0.4, 0.5) is 4.39 Å². The van der Waals surface area contributed by atoms with Crippen molar-refractivity contribution in [2.45, 2.75) is 0 Å². The van der Waals surface area contributed by atoms with Crippen molar-refractivity contribution in [3.63, 3.8) is 0 Å². The number of esters is 1. The van der Waals surface area contributed by atoms with Crippen molar-refractivity contribution >= 4 is 5.97 Å². The molecule has 0 aliphatic carbocycles. The molecular weight excluding hydrogens is 161 g/mol. The molecule has 0 aliphatic heterocycles. The van der Waals surface area contributed by atoms with E-state index in [1.807, 2.05) is 0 Å². The molecule has 0 aromatic carbocycles. The van der Waals surface area contributed by atoms with Crippen molar-refractivity contribution in [2.75, 3.05) is 13.3 Å². The van der Waals surface area contributed by atoms with Gasteiger partial charge in [-0.15, -0.1) is 0 Å². The molecule has 0 unspecified atom stereocenters. The largest absolute Gasteiger partial charge is 0.458 e. The Balaban J connectivity index is 2.54. The number of aromatic nitrogens is 1. The Morgan fingerprint density at radius 3 is 3.00 bits per heavy atom. The summed E-state index contributed by atoms with van der Waals surface area (Å²) in [5.74, 6) is -0.590. The van der Waals surface area contributed by atoms with Crippen molar-refractivity contribution in [1.29, 1.82) is 0 Å². The first-order valence-corrected chi connectivity index (χ1v) is 3.48. The summed E-state index contributed by atoms with van der Waals surface area (Å²) >= 11 is 0. The van der Waals surface area contributed by atoms with Crippen LogP contribution in [-0.4, -0.2) is 24.2 Å². The Morgan fingerprint density at radius 1 is 1.58 bits per heavy atom. The summed E-state index contributed by atoms with van der Waals surface area (Å²) in [5.41, 5.74) is 0.200. The summed E-state index contributed by atoms with van der Waals surface area (Å²) in [6, 6.07) is 4.87. The Hall–Kier alpha value is -1.45. The second-order valence-corrected chi connectivity index (χ2v) is 2.04. The lowest BCUT2D eigenvalue weighted by Crippen LogP contribution is -2.08. The van der Waals surface area contributed by atoms with Crippen LogP contribution in [0.15, 0.2) is 24.4 Å². The minimum absolute atomic E-state index is 0.200. The molecular formula is C8H8FNO2. The highest BCUT2D eigenvalue weighted by Gasteiger charge is 2.05. The summed E-state index contributed by atoms with van der Waals surface area (Å²) in [7, 11) is 0. The number of carbonyl (C=O) groups is 1. The quantitative estimate of drug-likeness (QED) is 0.638. The molecule has 1 aromatic rings. The standard InChI is InChI=1S/C8H8FNO2/c9-4-6-12-8(11)7-3-1-2-5-10-7/h1-3,5H,4,6H2. The Kier molecular flexibility index (Phi) is 3.19. The van der Waals surface area contributed by atoms with Crippen molar-refractivity contribution in [3.05, 3.63) is 30.1 Å². The minimum atomic E-state index is -0.668. The number of alkyl halides is 1. The van der Waals surface area contributed by atoms with Gasteiger partial charge in [0.25, 0.3) is 0 Å². The maximum absolute atomic E-state index is 11.6. The van der Waals surface area contributed by atoms with Crippen LogP contribution in [0.3, 0.4) is 0 Å². The molecule has 0 fully saturated rings. The highest BCUT2D eigenvalue weighted by Crippen LogP contribution is 1.95. The lowest BCUT2D eigenvalue weighted by atomic mass is 10.4. The molecule has 4 heteroatoms. The maximum Gasteiger partial charge on any atom is 0.357 e. The Morgan fingerprint density at radius 2 is 2.42 bits per heavy atom. The fourth-order valence-corrected chi connectivity index (χ4v) is 0.689. The molecule has 1 aromatic heterocycles. The van der Waals surface area contributed by atoms with Gasteiger partial charge in [0.05, 0.1) is 0 Å². The molecule has 0 atom stereocenters. The summed E-state index contributed by atoms with van der Waals surface area (Å²) in [6.45, 7) is -0.881. The fourth-order valence-electron chi connectivity index (χ4n) is 0.689. The van der Waals surface area contributed by atoms with E-state index < -0.39 is 12.6 Å². The second-order valence-electron chi connectivity index (χ2n) is 2.04. The third-order valence-corrected chi connectivity index (χ3v) is 1.18. The summed E-state index contributed by atoms with van der Waals surface area (Å²) in [6.07, 6.45) is 1.48. The predicted molar refractivity (Wildman–Crippen MR) is 40.5 cm³/mol. The molecule has 1 rings (SSSR count). The van der Waals surface area contributed by atoms with Crippen LogP contribution in [0.1, 0.15) is 10.5 Å². The SMILES string of the molecule is O=C(OCCF)c1ccccn1. The average molecular weight is 169 g/mol. The molecule has 0 N–H and O–H groups in total. The molecule has 0 radical (unpaired) electrons. The second kappa shape index (κ2) is 4.43. The van der Waals surface area contributed by atoms with E-state index in [-0.39, 0.29) is 12.3 Å². The van der Waals surface area contributed by atoms with Crippen molar-refractivity contribution in [1.82, 2.24) is 4.98 Å². The number of rotatable bonds is 3. The lowest BCUT2D eigenvalue weighted by Gasteiger charge is -1.99. The number of hydrogen-bond acceptors (Lipinski definition) is 3. The van der Waals surface area contributed by atoms with E-state index in [9.17, 15) is 9.18 Å². The molecule has 64 valence electrons. The van der Waals surface area contributed by atoms with Crippen molar-refractivity contribution < 1.29 is 13.9 Å². The molecule has 0 saturated carbocycles. The number of hydrogen-bond donors (Lipinski definition) is 0. The van der Waals surface area contributed by atoms with Gasteiger partial charge in [-0.3, -0.25) is 0 Å². The third-order valence-electron chi connectivity index (χ3n) is 1.18. The van der Waals surface area contributed by atoms with Crippen LogP contribution in [0.2, 0.25) is 0 Å². The number of carbonyl (C=O) groups excluding carboxylic acids is 1. The number of halogens is 1. The van der Waals surface area contributed by atoms with Crippen LogP contribution in [0.25, 0.3) is 0 Å². The van der Waals surface area contributed by atoms with E-state index in [1.54, 1.807) is 12.1 Å². The van der Waals surface area contributed by atoms with E-state index in [2.05, 4.69) is 9.72 Å². The zero-order chi connectivity index (χ0) is 8.81. The van der Waals surface area contributed by atoms with Gasteiger partial charge in [-0.05, 0) is 12.1 Å². The van der Waals surface area contributed by atoms with Gasteiger partial charge in [-0.2, -0.15) is 0 Å². The monoisotopic (exact) mass is 169 g/mol. The average Bonchev–Trinajstić information content (AvgIpc) is 2.15. The maximum atomic E-state index is 11.6. The zero-order valence-corrected chi connectivity index (χ0v) is 6.37. The van der Waals surface area contributed by atoms with Gasteiger partial charge in [0.2, 0.25) is 0 Å². The molecule has 3 nitrogen and oxygen atoms in total. The first kappa shape index (κ1) is 8.64. The molecule has 0 spiro atoms. The number of nitrogens with zero attached hydrogens (tertiary/aromatic N) is 1. The van der Waals surface area contributed by atoms with Crippen LogP contribution in [0, 0.1) is 0 Å². The molecule has 0 aliphatic rings. The van der Waals surface area contributed by atoms with Gasteiger partial charge in [-0.1, -0.05) is 6.07 Å². The summed E-state index contributed by atoms with van der Waals surface area (Å²) in [5, 5.41) is 0. The van der Waals surface area contributed by atoms with Crippen LogP contribution in [-0.2, 0) is 4.74 Å². The minimum Gasteiger partial charge on any atom is -0.458 e. The number of ether oxygens (including phenoxy) is 1. The highest BCUT2D eigenvalue weighted by molar-refractivity contribution is 5.87. The van der Waals surface area contributed by atoms with E-state index in [0.717, 1.165) is 0 Å². The van der Waals surface area contributed by atoms with Gasteiger partial charge in [0, 0.05) is 6.20 Å². The molecule has 0 bridgehead atoms. The van der Waals surface area contributed by atoms with Crippen molar-refractivity contribution in [2.24, 2.45) is 0 Å². The molecule has 12 heavy (non-hydrogen) atoms. The summed E-state index contributed by atoms with van der Waals surface area (Å²) < 4.78 is 16.1. The van der Waals surface area contributed by atoms with Gasteiger partial charge in [-0.25, -0.2) is 14.2 Å². The van der Waals surface area contributed by atoms with Gasteiger partial charge >= 0.3 is 5.97 Å². The Bertz CT molecular complexity index is 250. The highest BCUT2D eigenvalue weighted by atomic mass is 19.1. The van der Waals surface area contributed by atoms with Crippen LogP contribution < -0.4 is 0 Å². The normalized spacial score (nSPS) is 9.42. The van der Waals surface area contributed by atoms with E-state index in [4.69, 9.17) is 0 Å². The molecule has 0 saturated heterocycles.